The average molecular weight is 308 g/mol. The zero-order valence-electron chi connectivity index (χ0n) is 12.8. The molecule has 0 aromatic carbocycles. The van der Waals surface area contributed by atoms with Gasteiger partial charge in [-0.3, -0.25) is 4.98 Å². The van der Waals surface area contributed by atoms with Gasteiger partial charge in [0.2, 0.25) is 11.7 Å². The highest BCUT2D eigenvalue weighted by Crippen LogP contribution is 2.19. The molecule has 0 N–H and O–H groups in total. The number of carbonyl (C=O) groups is 1. The molecule has 0 saturated heterocycles. The number of aromatic nitrogens is 4. The molecule has 0 radical (unpaired) electrons. The molecule has 0 amide bonds. The molecule has 0 aliphatic heterocycles. The number of nitrogens with zero attached hydrogens (tertiary/aromatic N) is 4. The van der Waals surface area contributed by atoms with Crippen molar-refractivity contribution in [3.8, 4) is 22.9 Å². The molecule has 0 fully saturated rings. The Morgan fingerprint density at radius 1 is 1.04 bits per heavy atom. The van der Waals surface area contributed by atoms with Crippen LogP contribution in [-0.2, 0) is 11.2 Å². The quantitative estimate of drug-likeness (QED) is 0.696. The van der Waals surface area contributed by atoms with Gasteiger partial charge in [0.1, 0.15) is 11.5 Å². The van der Waals surface area contributed by atoms with E-state index in [2.05, 4.69) is 20.1 Å². The van der Waals surface area contributed by atoms with Crippen LogP contribution in [0.4, 0.5) is 0 Å². The van der Waals surface area contributed by atoms with Crippen LogP contribution >= 0.6 is 0 Å². The first kappa shape index (κ1) is 15.0. The number of pyridine rings is 2. The van der Waals surface area contributed by atoms with Crippen molar-refractivity contribution in [3.63, 3.8) is 0 Å². The number of Topliss-reactive ketones (excluding diaryl/α,β-unsaturated/α-hetero) is 1. The van der Waals surface area contributed by atoms with Gasteiger partial charge in [0, 0.05) is 19.0 Å². The van der Waals surface area contributed by atoms with Gasteiger partial charge in [0.25, 0.3) is 0 Å². The lowest BCUT2D eigenvalue weighted by Crippen LogP contribution is -1.93. The minimum absolute atomic E-state index is 0.162. The molecule has 0 bridgehead atoms. The normalized spacial score (nSPS) is 10.7. The first-order chi connectivity index (χ1) is 11.2. The summed E-state index contributed by atoms with van der Waals surface area (Å²) in [7, 11) is 0. The molecule has 0 aliphatic carbocycles. The minimum atomic E-state index is 0.162. The van der Waals surface area contributed by atoms with Crippen molar-refractivity contribution in [2.45, 2.75) is 26.2 Å². The van der Waals surface area contributed by atoms with Gasteiger partial charge in [-0.1, -0.05) is 17.3 Å². The van der Waals surface area contributed by atoms with E-state index in [1.54, 1.807) is 13.1 Å². The zero-order valence-corrected chi connectivity index (χ0v) is 12.8. The fourth-order valence-electron chi connectivity index (χ4n) is 2.17. The van der Waals surface area contributed by atoms with E-state index in [-0.39, 0.29) is 5.78 Å². The van der Waals surface area contributed by atoms with E-state index >= 15 is 0 Å². The van der Waals surface area contributed by atoms with E-state index in [9.17, 15) is 4.79 Å². The molecule has 0 unspecified atom stereocenters. The summed E-state index contributed by atoms with van der Waals surface area (Å²) in [5.74, 6) is 1.13. The molecule has 0 aliphatic rings. The van der Waals surface area contributed by atoms with Crippen molar-refractivity contribution in [2.24, 2.45) is 0 Å². The summed E-state index contributed by atoms with van der Waals surface area (Å²) in [6.45, 7) is 1.58. The molecule has 6 heteroatoms. The third kappa shape index (κ3) is 3.85. The molecule has 0 spiro atoms. The Labute approximate surface area is 133 Å². The summed E-state index contributed by atoms with van der Waals surface area (Å²) >= 11 is 0. The Morgan fingerprint density at radius 3 is 2.65 bits per heavy atom. The predicted octanol–water partition coefficient (Wildman–Crippen LogP) is 3.11. The second kappa shape index (κ2) is 6.91. The average Bonchev–Trinajstić information content (AvgIpc) is 3.04. The lowest BCUT2D eigenvalue weighted by Gasteiger charge is -2.00. The van der Waals surface area contributed by atoms with Crippen LogP contribution in [0, 0.1) is 0 Å². The second-order valence-electron chi connectivity index (χ2n) is 5.19. The number of carbonyl (C=O) groups excluding carboxylic acids is 1. The molecule has 6 nitrogen and oxygen atoms in total. The van der Waals surface area contributed by atoms with Crippen LogP contribution in [0.25, 0.3) is 22.9 Å². The minimum Gasteiger partial charge on any atom is -0.339 e. The number of hydrogen-bond acceptors (Lipinski definition) is 6. The molecular weight excluding hydrogens is 292 g/mol. The highest BCUT2D eigenvalue weighted by Gasteiger charge is 2.11. The van der Waals surface area contributed by atoms with Gasteiger partial charge in [-0.15, -0.1) is 0 Å². The summed E-state index contributed by atoms with van der Waals surface area (Å²) in [5, 5.41) is 3.97. The predicted molar refractivity (Wildman–Crippen MR) is 84.4 cm³/mol. The summed E-state index contributed by atoms with van der Waals surface area (Å²) in [5.41, 5.74) is 2.18. The number of hydrogen-bond donors (Lipinski definition) is 0. The fourth-order valence-corrected chi connectivity index (χ4v) is 2.17. The van der Waals surface area contributed by atoms with Gasteiger partial charge in [0.05, 0.1) is 11.4 Å². The van der Waals surface area contributed by atoms with Crippen LogP contribution < -0.4 is 0 Å². The van der Waals surface area contributed by atoms with Crippen molar-refractivity contribution in [1.29, 1.82) is 0 Å². The first-order valence-electron chi connectivity index (χ1n) is 7.43. The van der Waals surface area contributed by atoms with Gasteiger partial charge >= 0.3 is 0 Å². The molecule has 3 aromatic heterocycles. The van der Waals surface area contributed by atoms with Crippen molar-refractivity contribution in [2.75, 3.05) is 0 Å². The van der Waals surface area contributed by atoms with Crippen LogP contribution in [0.15, 0.2) is 47.1 Å². The van der Waals surface area contributed by atoms with Crippen molar-refractivity contribution < 1.29 is 9.32 Å². The molecule has 3 heterocycles. The fraction of sp³-hybridized carbons (Fsp3) is 0.235. The van der Waals surface area contributed by atoms with E-state index < -0.39 is 0 Å². The van der Waals surface area contributed by atoms with Crippen LogP contribution in [0.3, 0.4) is 0 Å². The topological polar surface area (TPSA) is 81.8 Å². The summed E-state index contributed by atoms with van der Waals surface area (Å²) in [6.07, 6.45) is 3.54. The first-order valence-corrected chi connectivity index (χ1v) is 7.43. The van der Waals surface area contributed by atoms with Crippen LogP contribution in [-0.4, -0.2) is 25.9 Å². The largest absolute Gasteiger partial charge is 0.339 e. The molecule has 3 aromatic rings. The summed E-state index contributed by atoms with van der Waals surface area (Å²) in [4.78, 5) is 24.1. The number of rotatable bonds is 6. The van der Waals surface area contributed by atoms with Gasteiger partial charge in [-0.05, 0) is 37.6 Å². The van der Waals surface area contributed by atoms with Gasteiger partial charge in [0.15, 0.2) is 0 Å². The summed E-state index contributed by atoms with van der Waals surface area (Å²) < 4.78 is 5.22. The SMILES string of the molecule is CC(=O)CCCc1nc(-c2cccc(-c3ccccn3)n2)no1. The van der Waals surface area contributed by atoms with E-state index in [0.717, 1.165) is 11.4 Å². The van der Waals surface area contributed by atoms with Crippen LogP contribution in [0.2, 0.25) is 0 Å². The van der Waals surface area contributed by atoms with E-state index in [1.807, 2.05) is 36.4 Å². The zero-order chi connectivity index (χ0) is 16.1. The smallest absolute Gasteiger partial charge is 0.227 e. The molecular formula is C17H16N4O2. The Balaban J connectivity index is 1.77. The standard InChI is InChI=1S/C17H16N4O2/c1-12(22)6-4-10-16-20-17(21-23-16)15-9-5-8-14(19-15)13-7-2-3-11-18-13/h2-3,5,7-9,11H,4,6,10H2,1H3. The van der Waals surface area contributed by atoms with E-state index in [4.69, 9.17) is 4.52 Å². The number of ketones is 1. The third-order valence-corrected chi connectivity index (χ3v) is 3.29. The van der Waals surface area contributed by atoms with Crippen LogP contribution in [0.1, 0.15) is 25.7 Å². The Hall–Kier alpha value is -2.89. The van der Waals surface area contributed by atoms with Crippen molar-refractivity contribution in [1.82, 2.24) is 20.1 Å². The van der Waals surface area contributed by atoms with Crippen molar-refractivity contribution >= 4 is 5.78 Å². The second-order valence-corrected chi connectivity index (χ2v) is 5.19. The van der Waals surface area contributed by atoms with E-state index in [1.165, 1.54) is 0 Å². The lowest BCUT2D eigenvalue weighted by atomic mass is 10.2. The summed E-state index contributed by atoms with van der Waals surface area (Å²) in [6, 6.07) is 11.3. The monoisotopic (exact) mass is 308 g/mol. The maximum atomic E-state index is 11.0. The molecule has 116 valence electrons. The molecule has 23 heavy (non-hydrogen) atoms. The molecule has 0 saturated carbocycles. The lowest BCUT2D eigenvalue weighted by molar-refractivity contribution is -0.117. The molecule has 0 atom stereocenters. The van der Waals surface area contributed by atoms with Gasteiger partial charge in [-0.25, -0.2) is 4.98 Å². The van der Waals surface area contributed by atoms with E-state index in [0.29, 0.717) is 36.7 Å². The van der Waals surface area contributed by atoms with Crippen LogP contribution in [0.5, 0.6) is 0 Å². The Kier molecular flexibility index (Phi) is 4.52. The molecule has 3 rings (SSSR count). The maximum Gasteiger partial charge on any atom is 0.227 e. The highest BCUT2D eigenvalue weighted by molar-refractivity contribution is 5.75. The maximum absolute atomic E-state index is 11.0. The number of aryl methyl sites for hydroxylation is 1. The van der Waals surface area contributed by atoms with Gasteiger partial charge in [-0.2, -0.15) is 4.98 Å². The Morgan fingerprint density at radius 2 is 1.87 bits per heavy atom. The van der Waals surface area contributed by atoms with Crippen molar-refractivity contribution in [3.05, 3.63) is 48.5 Å². The Bertz CT molecular complexity index is 799. The highest BCUT2D eigenvalue weighted by atomic mass is 16.5. The van der Waals surface area contributed by atoms with Gasteiger partial charge < -0.3 is 9.32 Å². The third-order valence-electron chi connectivity index (χ3n) is 3.29.